The lowest BCUT2D eigenvalue weighted by Gasteiger charge is -2.28. The minimum absolute atomic E-state index is 0.0943. The van der Waals surface area contributed by atoms with E-state index in [2.05, 4.69) is 23.7 Å². The minimum atomic E-state index is 0.0943. The summed E-state index contributed by atoms with van der Waals surface area (Å²) in [5, 5.41) is 8.72. The van der Waals surface area contributed by atoms with E-state index in [4.69, 9.17) is 9.84 Å². The van der Waals surface area contributed by atoms with Crippen LogP contribution < -0.4 is 4.74 Å². The van der Waals surface area contributed by atoms with E-state index in [1.54, 1.807) is 12.4 Å². The van der Waals surface area contributed by atoms with Crippen LogP contribution in [0.2, 0.25) is 0 Å². The third-order valence-corrected chi connectivity index (χ3v) is 3.80. The Morgan fingerprint density at radius 1 is 1.40 bits per heavy atom. The average Bonchev–Trinajstić information content (AvgIpc) is 2.48. The van der Waals surface area contributed by atoms with Gasteiger partial charge in [0.05, 0.1) is 18.9 Å². The second-order valence-electron chi connectivity index (χ2n) is 5.37. The van der Waals surface area contributed by atoms with Crippen molar-refractivity contribution in [1.29, 1.82) is 0 Å². The highest BCUT2D eigenvalue weighted by Crippen LogP contribution is 2.29. The maximum absolute atomic E-state index is 8.72. The number of hydrogen-bond donors (Lipinski definition) is 1. The van der Waals surface area contributed by atoms with E-state index in [0.29, 0.717) is 12.5 Å². The highest BCUT2D eigenvalue weighted by molar-refractivity contribution is 5.36. The van der Waals surface area contributed by atoms with E-state index in [1.165, 1.54) is 19.3 Å². The molecule has 1 fully saturated rings. The number of aliphatic hydroxyl groups is 1. The highest BCUT2D eigenvalue weighted by atomic mass is 16.5. The molecule has 108 valence electrons. The smallest absolute Gasteiger partial charge is 0.139 e. The van der Waals surface area contributed by atoms with E-state index >= 15 is 0 Å². The monoisotopic (exact) mass is 273 g/mol. The molecule has 3 heteroatoms. The van der Waals surface area contributed by atoms with E-state index < -0.39 is 0 Å². The molecule has 2 rings (SSSR count). The molecule has 2 atom stereocenters. The lowest BCUT2D eigenvalue weighted by molar-refractivity contribution is 0.121. The predicted molar refractivity (Wildman–Crippen MR) is 79.5 cm³/mol. The Morgan fingerprint density at radius 3 is 3.10 bits per heavy atom. The number of aromatic nitrogens is 1. The van der Waals surface area contributed by atoms with Gasteiger partial charge >= 0.3 is 0 Å². The molecule has 2 unspecified atom stereocenters. The predicted octanol–water partition coefficient (Wildman–Crippen LogP) is 3.16. The van der Waals surface area contributed by atoms with Gasteiger partial charge in [-0.3, -0.25) is 4.98 Å². The first-order valence-electron chi connectivity index (χ1n) is 7.53. The van der Waals surface area contributed by atoms with E-state index in [0.717, 1.165) is 30.1 Å². The molecule has 1 aromatic rings. The largest absolute Gasteiger partial charge is 0.489 e. The standard InChI is InChI=1S/C17H23NO2/c1-2-14-7-5-8-16(10-14)20-17-11-15(12-18-13-17)6-3-4-9-19/h11-14,16,19H,2,4-5,7-10H2,1H3. The molecule has 0 saturated heterocycles. The van der Waals surface area contributed by atoms with Crippen LogP contribution in [-0.2, 0) is 0 Å². The first-order valence-corrected chi connectivity index (χ1v) is 7.53. The second-order valence-corrected chi connectivity index (χ2v) is 5.37. The Labute approximate surface area is 121 Å². The molecule has 0 radical (unpaired) electrons. The van der Waals surface area contributed by atoms with Crippen molar-refractivity contribution in [3.63, 3.8) is 0 Å². The van der Waals surface area contributed by atoms with E-state index in [1.807, 2.05) is 6.07 Å². The summed E-state index contributed by atoms with van der Waals surface area (Å²) >= 11 is 0. The molecule has 0 amide bonds. The van der Waals surface area contributed by atoms with Crippen LogP contribution in [0.4, 0.5) is 0 Å². The molecular formula is C17H23NO2. The maximum Gasteiger partial charge on any atom is 0.139 e. The van der Waals surface area contributed by atoms with Gasteiger partial charge in [-0.1, -0.05) is 31.6 Å². The van der Waals surface area contributed by atoms with Crippen LogP contribution in [0, 0.1) is 17.8 Å². The van der Waals surface area contributed by atoms with Gasteiger partial charge in [-0.2, -0.15) is 0 Å². The summed E-state index contributed by atoms with van der Waals surface area (Å²) < 4.78 is 6.05. The molecule has 3 nitrogen and oxygen atoms in total. The van der Waals surface area contributed by atoms with Crippen molar-refractivity contribution in [2.75, 3.05) is 6.61 Å². The van der Waals surface area contributed by atoms with Crippen molar-refractivity contribution >= 4 is 0 Å². The fraction of sp³-hybridized carbons (Fsp3) is 0.588. The summed E-state index contributed by atoms with van der Waals surface area (Å²) in [6, 6.07) is 1.94. The van der Waals surface area contributed by atoms with Crippen LogP contribution >= 0.6 is 0 Å². The van der Waals surface area contributed by atoms with Crippen LogP contribution in [0.5, 0.6) is 5.75 Å². The van der Waals surface area contributed by atoms with Crippen LogP contribution in [0.3, 0.4) is 0 Å². The van der Waals surface area contributed by atoms with E-state index in [9.17, 15) is 0 Å². The average molecular weight is 273 g/mol. The number of pyridine rings is 1. The van der Waals surface area contributed by atoms with Gasteiger partial charge in [0.1, 0.15) is 5.75 Å². The summed E-state index contributed by atoms with van der Waals surface area (Å²) in [6.07, 6.45) is 10.4. The SMILES string of the molecule is CCC1CCCC(Oc2cncc(C#CCCO)c2)C1. The maximum atomic E-state index is 8.72. The Bertz CT molecular complexity index is 475. The van der Waals surface area contributed by atoms with Crippen molar-refractivity contribution in [1.82, 2.24) is 4.98 Å². The number of rotatable bonds is 4. The second kappa shape index (κ2) is 7.91. The summed E-state index contributed by atoms with van der Waals surface area (Å²) in [5.41, 5.74) is 0.846. The van der Waals surface area contributed by atoms with E-state index in [-0.39, 0.29) is 6.61 Å². The van der Waals surface area contributed by atoms with Gasteiger partial charge in [-0.15, -0.1) is 0 Å². The van der Waals surface area contributed by atoms with Gasteiger partial charge in [0, 0.05) is 18.2 Å². The number of nitrogens with zero attached hydrogens (tertiary/aromatic N) is 1. The Hall–Kier alpha value is -1.53. The molecule has 0 aromatic carbocycles. The third-order valence-electron chi connectivity index (χ3n) is 3.80. The van der Waals surface area contributed by atoms with Crippen LogP contribution in [-0.4, -0.2) is 22.8 Å². The van der Waals surface area contributed by atoms with Gasteiger partial charge in [0.2, 0.25) is 0 Å². The quantitative estimate of drug-likeness (QED) is 0.857. The summed E-state index contributed by atoms with van der Waals surface area (Å²) in [5.74, 6) is 7.50. The minimum Gasteiger partial charge on any atom is -0.489 e. The molecule has 1 saturated carbocycles. The zero-order valence-electron chi connectivity index (χ0n) is 12.1. The molecule has 1 aromatic heterocycles. The zero-order chi connectivity index (χ0) is 14.2. The van der Waals surface area contributed by atoms with Gasteiger partial charge in [0.15, 0.2) is 0 Å². The van der Waals surface area contributed by atoms with Crippen LogP contribution in [0.25, 0.3) is 0 Å². The van der Waals surface area contributed by atoms with Gasteiger partial charge in [-0.25, -0.2) is 0 Å². The van der Waals surface area contributed by atoms with Gasteiger partial charge in [-0.05, 0) is 31.2 Å². The summed E-state index contributed by atoms with van der Waals surface area (Å²) in [4.78, 5) is 4.18. The lowest BCUT2D eigenvalue weighted by atomic mass is 9.85. The van der Waals surface area contributed by atoms with Crippen molar-refractivity contribution < 1.29 is 9.84 Å². The molecule has 0 aliphatic heterocycles. The molecule has 0 spiro atoms. The first-order chi connectivity index (χ1) is 9.81. The molecule has 1 aliphatic rings. The molecule has 1 N–H and O–H groups in total. The topological polar surface area (TPSA) is 42.4 Å². The lowest BCUT2D eigenvalue weighted by Crippen LogP contribution is -2.25. The number of aliphatic hydroxyl groups excluding tert-OH is 1. The molecular weight excluding hydrogens is 250 g/mol. The van der Waals surface area contributed by atoms with Gasteiger partial charge in [0.25, 0.3) is 0 Å². The van der Waals surface area contributed by atoms with Crippen molar-refractivity contribution in [2.24, 2.45) is 5.92 Å². The highest BCUT2D eigenvalue weighted by Gasteiger charge is 2.22. The fourth-order valence-electron chi connectivity index (χ4n) is 2.68. The van der Waals surface area contributed by atoms with Crippen LogP contribution in [0.15, 0.2) is 18.5 Å². The summed E-state index contributed by atoms with van der Waals surface area (Å²) in [6.45, 7) is 2.35. The van der Waals surface area contributed by atoms with Crippen molar-refractivity contribution in [3.05, 3.63) is 24.0 Å². The Morgan fingerprint density at radius 2 is 2.30 bits per heavy atom. The third kappa shape index (κ3) is 4.54. The summed E-state index contributed by atoms with van der Waals surface area (Å²) in [7, 11) is 0. The normalized spacial score (nSPS) is 21.9. The van der Waals surface area contributed by atoms with Crippen molar-refractivity contribution in [3.8, 4) is 17.6 Å². The van der Waals surface area contributed by atoms with Crippen LogP contribution in [0.1, 0.15) is 51.0 Å². The molecule has 1 aliphatic carbocycles. The zero-order valence-corrected chi connectivity index (χ0v) is 12.1. The Kier molecular flexibility index (Phi) is 5.88. The molecule has 20 heavy (non-hydrogen) atoms. The number of hydrogen-bond acceptors (Lipinski definition) is 3. The first kappa shape index (κ1) is 14.9. The van der Waals surface area contributed by atoms with Crippen molar-refractivity contribution in [2.45, 2.75) is 51.6 Å². The van der Waals surface area contributed by atoms with Gasteiger partial charge < -0.3 is 9.84 Å². The number of ether oxygens (including phenoxy) is 1. The fourth-order valence-corrected chi connectivity index (χ4v) is 2.68. The Balaban J connectivity index is 1.96. The molecule has 0 bridgehead atoms. The molecule has 1 heterocycles.